The van der Waals surface area contributed by atoms with E-state index in [1.54, 1.807) is 0 Å². The van der Waals surface area contributed by atoms with E-state index in [-0.39, 0.29) is 14.7 Å². The Labute approximate surface area is 113 Å². The molecule has 0 aliphatic carbocycles. The van der Waals surface area contributed by atoms with Crippen molar-refractivity contribution >= 4 is 48.4 Å². The Morgan fingerprint density at radius 1 is 1.56 bits per heavy atom. The molecule has 0 bridgehead atoms. The van der Waals surface area contributed by atoms with E-state index in [0.29, 0.717) is 0 Å². The molecule has 2 rings (SSSR count). The molecule has 0 aliphatic heterocycles. The zero-order valence-corrected chi connectivity index (χ0v) is 11.5. The molecule has 18 heavy (non-hydrogen) atoms. The van der Waals surface area contributed by atoms with Crippen molar-refractivity contribution in [3.05, 3.63) is 22.0 Å². The highest BCUT2D eigenvalue weighted by molar-refractivity contribution is 9.10. The van der Waals surface area contributed by atoms with Crippen molar-refractivity contribution in [1.29, 1.82) is 0 Å². The number of carbonyl (C=O) groups is 1. The van der Waals surface area contributed by atoms with Crippen LogP contribution in [0.4, 0.5) is 5.13 Å². The second kappa shape index (κ2) is 4.66. The largest absolute Gasteiger partial charge is 0.475 e. The number of rotatable bonds is 4. The molecule has 11 heteroatoms. The Kier molecular flexibility index (Phi) is 3.36. The van der Waals surface area contributed by atoms with Gasteiger partial charge in [-0.05, 0) is 15.9 Å². The van der Waals surface area contributed by atoms with E-state index in [0.717, 1.165) is 17.4 Å². The van der Waals surface area contributed by atoms with Crippen LogP contribution in [0.3, 0.4) is 0 Å². The maximum Gasteiger partial charge on any atom is 0.371 e. The summed E-state index contributed by atoms with van der Waals surface area (Å²) in [6.07, 6.45) is 0. The number of hydrogen-bond acceptors (Lipinski definition) is 7. The first-order valence-corrected chi connectivity index (χ1v) is 7.37. The smallest absolute Gasteiger partial charge is 0.371 e. The summed E-state index contributed by atoms with van der Waals surface area (Å²) in [5, 5.41) is 15.7. The van der Waals surface area contributed by atoms with Crippen LogP contribution in [-0.2, 0) is 10.0 Å². The number of halogens is 1. The number of carboxylic acids is 1. The summed E-state index contributed by atoms with van der Waals surface area (Å²) in [4.78, 5) is 10.3. The van der Waals surface area contributed by atoms with Crippen molar-refractivity contribution in [2.75, 3.05) is 4.72 Å². The summed E-state index contributed by atoms with van der Waals surface area (Å²) >= 11 is 3.83. The highest BCUT2D eigenvalue weighted by Gasteiger charge is 2.25. The Morgan fingerprint density at radius 2 is 2.28 bits per heavy atom. The van der Waals surface area contributed by atoms with Crippen LogP contribution in [0.2, 0.25) is 0 Å². The second-order valence-electron chi connectivity index (χ2n) is 2.90. The Balaban J connectivity index is 2.38. The standard InChI is InChI=1S/C7H4BrN3O5S2/c8-5-4(1-3(16-5)6(12)13)18(14,15)11-7-10-9-2-17-7/h1-2H,(H,10,11)(H,12,13). The molecule has 0 spiro atoms. The monoisotopic (exact) mass is 353 g/mol. The van der Waals surface area contributed by atoms with Crippen LogP contribution in [0.5, 0.6) is 0 Å². The Morgan fingerprint density at radius 3 is 2.78 bits per heavy atom. The summed E-state index contributed by atoms with van der Waals surface area (Å²) in [5.41, 5.74) is 1.35. The van der Waals surface area contributed by atoms with Crippen LogP contribution in [0.25, 0.3) is 0 Å². The molecular formula is C7H4BrN3O5S2. The maximum atomic E-state index is 11.9. The minimum Gasteiger partial charge on any atom is -0.475 e. The van der Waals surface area contributed by atoms with E-state index in [1.165, 1.54) is 5.51 Å². The van der Waals surface area contributed by atoms with Crippen LogP contribution >= 0.6 is 27.3 Å². The minimum atomic E-state index is -3.97. The average Bonchev–Trinajstić information content (AvgIpc) is 2.86. The van der Waals surface area contributed by atoms with E-state index in [1.807, 2.05) is 0 Å². The predicted molar refractivity (Wildman–Crippen MR) is 64.1 cm³/mol. The number of furan rings is 1. The van der Waals surface area contributed by atoms with Gasteiger partial charge in [0.25, 0.3) is 10.0 Å². The van der Waals surface area contributed by atoms with Crippen LogP contribution in [0, 0.1) is 0 Å². The van der Waals surface area contributed by atoms with Crippen molar-refractivity contribution in [3.8, 4) is 0 Å². The van der Waals surface area contributed by atoms with Crippen molar-refractivity contribution in [2.45, 2.75) is 4.90 Å². The van der Waals surface area contributed by atoms with E-state index >= 15 is 0 Å². The third kappa shape index (κ3) is 2.52. The van der Waals surface area contributed by atoms with Crippen molar-refractivity contribution in [2.24, 2.45) is 0 Å². The number of nitrogens with zero attached hydrogens (tertiary/aromatic N) is 2. The summed E-state index contributed by atoms with van der Waals surface area (Å²) in [6.45, 7) is 0. The van der Waals surface area contributed by atoms with Gasteiger partial charge >= 0.3 is 5.97 Å². The molecule has 0 atom stereocenters. The molecule has 0 amide bonds. The topological polar surface area (TPSA) is 122 Å². The van der Waals surface area contributed by atoms with Crippen LogP contribution in [-0.4, -0.2) is 29.7 Å². The highest BCUT2D eigenvalue weighted by atomic mass is 79.9. The summed E-state index contributed by atoms with van der Waals surface area (Å²) in [6, 6.07) is 0.899. The number of aromatic nitrogens is 2. The molecule has 0 saturated carbocycles. The lowest BCUT2D eigenvalue weighted by molar-refractivity contribution is 0.0661. The van der Waals surface area contributed by atoms with Gasteiger partial charge in [-0.1, -0.05) is 11.3 Å². The van der Waals surface area contributed by atoms with Gasteiger partial charge in [-0.25, -0.2) is 13.2 Å². The molecule has 0 unspecified atom stereocenters. The highest BCUT2D eigenvalue weighted by Crippen LogP contribution is 2.28. The number of sulfonamides is 1. The van der Waals surface area contributed by atoms with E-state index in [4.69, 9.17) is 9.52 Å². The first-order chi connectivity index (χ1) is 8.40. The molecule has 2 aromatic rings. The first kappa shape index (κ1) is 13.0. The molecule has 8 nitrogen and oxygen atoms in total. The van der Waals surface area contributed by atoms with Gasteiger partial charge in [-0.15, -0.1) is 10.2 Å². The number of nitrogens with one attached hydrogen (secondary N) is 1. The normalized spacial score (nSPS) is 11.4. The SMILES string of the molecule is O=C(O)c1cc(S(=O)(=O)Nc2nncs2)c(Br)o1. The summed E-state index contributed by atoms with van der Waals surface area (Å²) < 4.78 is 30.5. The zero-order valence-electron chi connectivity index (χ0n) is 8.32. The van der Waals surface area contributed by atoms with E-state index in [2.05, 4.69) is 30.8 Å². The molecule has 0 fully saturated rings. The van der Waals surface area contributed by atoms with Crippen LogP contribution in [0.15, 0.2) is 25.6 Å². The molecule has 0 saturated heterocycles. The molecule has 2 N–H and O–H groups in total. The van der Waals surface area contributed by atoms with Crippen LogP contribution < -0.4 is 4.72 Å². The minimum absolute atomic E-state index is 0.0694. The fourth-order valence-electron chi connectivity index (χ4n) is 1.03. The van der Waals surface area contributed by atoms with Gasteiger partial charge in [-0.3, -0.25) is 4.72 Å². The van der Waals surface area contributed by atoms with Gasteiger partial charge in [0.15, 0.2) is 4.67 Å². The van der Waals surface area contributed by atoms with Gasteiger partial charge in [0.05, 0.1) is 0 Å². The molecule has 2 aromatic heterocycles. The van der Waals surface area contributed by atoms with Gasteiger partial charge < -0.3 is 9.52 Å². The van der Waals surface area contributed by atoms with Crippen molar-refractivity contribution in [3.63, 3.8) is 0 Å². The van der Waals surface area contributed by atoms with Gasteiger partial charge in [-0.2, -0.15) is 0 Å². The maximum absolute atomic E-state index is 11.9. The molecule has 0 aliphatic rings. The lowest BCUT2D eigenvalue weighted by Gasteiger charge is -2.01. The first-order valence-electron chi connectivity index (χ1n) is 4.22. The zero-order chi connectivity index (χ0) is 13.3. The number of anilines is 1. The summed E-state index contributed by atoms with van der Waals surface area (Å²) in [7, 11) is -3.97. The molecule has 2 heterocycles. The third-order valence-electron chi connectivity index (χ3n) is 1.74. The fraction of sp³-hybridized carbons (Fsp3) is 0. The molecule has 0 aromatic carbocycles. The lowest BCUT2D eigenvalue weighted by Crippen LogP contribution is -2.12. The van der Waals surface area contributed by atoms with E-state index < -0.39 is 21.8 Å². The second-order valence-corrected chi connectivity index (χ2v) is 6.11. The van der Waals surface area contributed by atoms with Crippen molar-refractivity contribution < 1.29 is 22.7 Å². The van der Waals surface area contributed by atoms with Gasteiger partial charge in [0, 0.05) is 6.07 Å². The predicted octanol–water partition coefficient (Wildman–Crippen LogP) is 1.39. The lowest BCUT2D eigenvalue weighted by atomic mass is 10.5. The van der Waals surface area contributed by atoms with Gasteiger partial charge in [0.1, 0.15) is 10.4 Å². The van der Waals surface area contributed by atoms with Crippen LogP contribution in [0.1, 0.15) is 10.6 Å². The molecular weight excluding hydrogens is 350 g/mol. The van der Waals surface area contributed by atoms with E-state index in [9.17, 15) is 13.2 Å². The number of aromatic carboxylic acids is 1. The molecule has 96 valence electrons. The summed E-state index contributed by atoms with van der Waals surface area (Å²) in [5.74, 6) is -1.85. The fourth-order valence-corrected chi connectivity index (χ4v) is 3.66. The number of carboxylic acid groups (broad SMARTS) is 1. The Hall–Kier alpha value is -1.46. The number of hydrogen-bond donors (Lipinski definition) is 2. The Bertz CT molecular complexity index is 678. The average molecular weight is 354 g/mol. The van der Waals surface area contributed by atoms with Crippen molar-refractivity contribution in [1.82, 2.24) is 10.2 Å². The van der Waals surface area contributed by atoms with Gasteiger partial charge in [0.2, 0.25) is 10.9 Å². The third-order valence-corrected chi connectivity index (χ3v) is 4.67. The quantitative estimate of drug-likeness (QED) is 0.851. The molecule has 0 radical (unpaired) electrons.